The van der Waals surface area contributed by atoms with Gasteiger partial charge in [-0.2, -0.15) is 0 Å². The minimum absolute atomic E-state index is 0.267. The van der Waals surface area contributed by atoms with Gasteiger partial charge >= 0.3 is 11.9 Å². The molecule has 0 bridgehead atoms. The van der Waals surface area contributed by atoms with Gasteiger partial charge in [-0.3, -0.25) is 9.59 Å². The van der Waals surface area contributed by atoms with E-state index in [-0.39, 0.29) is 23.8 Å². The van der Waals surface area contributed by atoms with Gasteiger partial charge < -0.3 is 9.47 Å². The molecule has 0 heterocycles. The molecule has 0 saturated heterocycles. The van der Waals surface area contributed by atoms with Crippen LogP contribution in [0.4, 0.5) is 0 Å². The van der Waals surface area contributed by atoms with E-state index >= 15 is 0 Å². The first-order valence-electron chi connectivity index (χ1n) is 8.11. The summed E-state index contributed by atoms with van der Waals surface area (Å²) in [7, 11) is 0. The molecule has 1 fully saturated rings. The predicted molar refractivity (Wildman–Crippen MR) is 91.0 cm³/mol. The average molecular weight is 383 g/mol. The maximum Gasteiger partial charge on any atom is 0.315 e. The summed E-state index contributed by atoms with van der Waals surface area (Å²) in [5.41, 5.74) is 0. The van der Waals surface area contributed by atoms with Crippen LogP contribution in [-0.2, 0) is 14.3 Å². The van der Waals surface area contributed by atoms with E-state index in [9.17, 15) is 9.59 Å². The zero-order valence-electron chi connectivity index (χ0n) is 13.6. The second kappa shape index (κ2) is 8.48. The van der Waals surface area contributed by atoms with Gasteiger partial charge in [0.05, 0.1) is 18.4 Å². The number of rotatable bonds is 5. The first kappa shape index (κ1) is 18.0. The van der Waals surface area contributed by atoms with Crippen LogP contribution in [0.25, 0.3) is 0 Å². The van der Waals surface area contributed by atoms with E-state index in [4.69, 9.17) is 9.47 Å². The van der Waals surface area contributed by atoms with Crippen LogP contribution in [-0.4, -0.2) is 18.5 Å². The Morgan fingerprint density at radius 2 is 1.65 bits per heavy atom. The average Bonchev–Trinajstić information content (AvgIpc) is 2.54. The zero-order valence-corrected chi connectivity index (χ0v) is 15.2. The molecule has 23 heavy (non-hydrogen) atoms. The summed E-state index contributed by atoms with van der Waals surface area (Å²) in [6.45, 7) is 4.38. The molecule has 0 amide bonds. The molecule has 1 aliphatic carbocycles. The molecule has 2 atom stereocenters. The van der Waals surface area contributed by atoms with E-state index in [0.29, 0.717) is 25.2 Å². The molecule has 1 aromatic rings. The van der Waals surface area contributed by atoms with Crippen molar-refractivity contribution in [1.82, 2.24) is 0 Å². The minimum atomic E-state index is -0.410. The molecule has 4 nitrogen and oxygen atoms in total. The van der Waals surface area contributed by atoms with Crippen LogP contribution in [0.5, 0.6) is 5.75 Å². The Morgan fingerprint density at radius 1 is 1.09 bits per heavy atom. The Kier molecular flexibility index (Phi) is 6.63. The normalized spacial score (nSPS) is 21.0. The number of ether oxygens (including phenoxy) is 2. The molecule has 0 spiro atoms. The Hall–Kier alpha value is -1.36. The number of carbonyl (C=O) groups excluding carboxylic acids is 2. The van der Waals surface area contributed by atoms with Gasteiger partial charge in [0.25, 0.3) is 0 Å². The van der Waals surface area contributed by atoms with Gasteiger partial charge in [0, 0.05) is 4.47 Å². The first-order chi connectivity index (χ1) is 11.0. The molecule has 0 aromatic heterocycles. The van der Waals surface area contributed by atoms with Crippen molar-refractivity contribution in [3.8, 4) is 5.75 Å². The maximum atomic E-state index is 12.5. The fourth-order valence-corrected chi connectivity index (χ4v) is 3.01. The van der Waals surface area contributed by atoms with Crippen LogP contribution in [0, 0.1) is 17.8 Å². The van der Waals surface area contributed by atoms with Crippen molar-refractivity contribution in [2.75, 3.05) is 6.61 Å². The number of hydrogen-bond donors (Lipinski definition) is 0. The van der Waals surface area contributed by atoms with Crippen molar-refractivity contribution in [3.05, 3.63) is 28.7 Å². The third-order valence-electron chi connectivity index (χ3n) is 3.96. The Balaban J connectivity index is 2.00. The van der Waals surface area contributed by atoms with Crippen LogP contribution < -0.4 is 4.74 Å². The Morgan fingerprint density at radius 3 is 2.22 bits per heavy atom. The summed E-state index contributed by atoms with van der Waals surface area (Å²) >= 11 is 3.34. The summed E-state index contributed by atoms with van der Waals surface area (Å²) in [4.78, 5) is 24.7. The zero-order chi connectivity index (χ0) is 16.8. The highest BCUT2D eigenvalue weighted by atomic mass is 79.9. The summed E-state index contributed by atoms with van der Waals surface area (Å²) in [5, 5.41) is 0. The topological polar surface area (TPSA) is 52.6 Å². The molecule has 1 aliphatic rings. The molecule has 126 valence electrons. The van der Waals surface area contributed by atoms with E-state index in [0.717, 1.165) is 17.3 Å². The standard InChI is InChI=1S/C18H23BrO4/c1-12(2)11-22-17(20)15-5-3-4-6-16(15)18(21)23-14-9-7-13(19)8-10-14/h7-10,12,15-16H,3-6,11H2,1-2H3. The van der Waals surface area contributed by atoms with E-state index in [1.165, 1.54) is 0 Å². The Labute approximate surface area is 145 Å². The van der Waals surface area contributed by atoms with Crippen LogP contribution in [0.2, 0.25) is 0 Å². The van der Waals surface area contributed by atoms with Gasteiger partial charge in [-0.1, -0.05) is 42.6 Å². The predicted octanol–water partition coefficient (Wildman–Crippen LogP) is 4.36. The molecule has 0 aliphatic heterocycles. The molecule has 2 unspecified atom stereocenters. The lowest BCUT2D eigenvalue weighted by molar-refractivity contribution is -0.159. The van der Waals surface area contributed by atoms with E-state index in [1.54, 1.807) is 12.1 Å². The summed E-state index contributed by atoms with van der Waals surface area (Å²) in [5.74, 6) is -0.610. The summed E-state index contributed by atoms with van der Waals surface area (Å²) < 4.78 is 11.7. The highest BCUT2D eigenvalue weighted by Gasteiger charge is 2.38. The molecule has 0 N–H and O–H groups in total. The monoisotopic (exact) mass is 382 g/mol. The molecule has 0 radical (unpaired) electrons. The number of hydrogen-bond acceptors (Lipinski definition) is 4. The van der Waals surface area contributed by atoms with Gasteiger partial charge in [-0.05, 0) is 43.0 Å². The van der Waals surface area contributed by atoms with Crippen LogP contribution in [0.3, 0.4) is 0 Å². The fraction of sp³-hybridized carbons (Fsp3) is 0.556. The maximum absolute atomic E-state index is 12.5. The van der Waals surface area contributed by atoms with Crippen LogP contribution >= 0.6 is 15.9 Å². The lowest BCUT2D eigenvalue weighted by atomic mass is 9.79. The molecular weight excluding hydrogens is 360 g/mol. The smallest absolute Gasteiger partial charge is 0.315 e. The van der Waals surface area contributed by atoms with Crippen LogP contribution in [0.1, 0.15) is 39.5 Å². The molecule has 1 aromatic carbocycles. The second-order valence-corrected chi connectivity index (χ2v) is 7.31. The molecule has 5 heteroatoms. The number of halogens is 1. The van der Waals surface area contributed by atoms with Crippen molar-refractivity contribution in [3.63, 3.8) is 0 Å². The third-order valence-corrected chi connectivity index (χ3v) is 4.49. The number of carbonyl (C=O) groups is 2. The van der Waals surface area contributed by atoms with Crippen molar-refractivity contribution in [1.29, 1.82) is 0 Å². The summed E-state index contributed by atoms with van der Waals surface area (Å²) in [6.07, 6.45) is 3.26. The lowest BCUT2D eigenvalue weighted by Gasteiger charge is -2.28. The molecule has 1 saturated carbocycles. The quantitative estimate of drug-likeness (QED) is 0.560. The largest absolute Gasteiger partial charge is 0.465 e. The van der Waals surface area contributed by atoms with Crippen LogP contribution in [0.15, 0.2) is 28.7 Å². The third kappa shape index (κ3) is 5.34. The SMILES string of the molecule is CC(C)COC(=O)C1CCCCC1C(=O)Oc1ccc(Br)cc1. The highest BCUT2D eigenvalue weighted by Crippen LogP contribution is 2.32. The molecule has 2 rings (SSSR count). The van der Waals surface area contributed by atoms with E-state index in [1.807, 2.05) is 26.0 Å². The van der Waals surface area contributed by atoms with Crippen molar-refractivity contribution < 1.29 is 19.1 Å². The van der Waals surface area contributed by atoms with Crippen molar-refractivity contribution >= 4 is 27.9 Å². The van der Waals surface area contributed by atoms with E-state index < -0.39 is 5.92 Å². The van der Waals surface area contributed by atoms with Crippen molar-refractivity contribution in [2.24, 2.45) is 17.8 Å². The van der Waals surface area contributed by atoms with Crippen molar-refractivity contribution in [2.45, 2.75) is 39.5 Å². The lowest BCUT2D eigenvalue weighted by Crippen LogP contribution is -2.36. The molecular formula is C18H23BrO4. The van der Waals surface area contributed by atoms with Gasteiger partial charge in [-0.25, -0.2) is 0 Å². The fourth-order valence-electron chi connectivity index (χ4n) is 2.75. The second-order valence-electron chi connectivity index (χ2n) is 6.40. The highest BCUT2D eigenvalue weighted by molar-refractivity contribution is 9.10. The van der Waals surface area contributed by atoms with Gasteiger partial charge in [0.15, 0.2) is 0 Å². The van der Waals surface area contributed by atoms with Gasteiger partial charge in [0.1, 0.15) is 5.75 Å². The Bertz CT molecular complexity index is 538. The van der Waals surface area contributed by atoms with Gasteiger partial charge in [0.2, 0.25) is 0 Å². The van der Waals surface area contributed by atoms with E-state index in [2.05, 4.69) is 15.9 Å². The summed E-state index contributed by atoms with van der Waals surface area (Å²) in [6, 6.07) is 7.10. The van der Waals surface area contributed by atoms with Gasteiger partial charge in [-0.15, -0.1) is 0 Å². The first-order valence-corrected chi connectivity index (χ1v) is 8.90. The number of esters is 2. The minimum Gasteiger partial charge on any atom is -0.465 e. The number of benzene rings is 1.